The van der Waals surface area contributed by atoms with E-state index in [0.717, 1.165) is 11.1 Å². The highest BCUT2D eigenvalue weighted by Gasteiger charge is 2.52. The van der Waals surface area contributed by atoms with Crippen LogP contribution in [0.15, 0.2) is 91.3 Å². The monoisotopic (exact) mass is 667 g/mol. The summed E-state index contributed by atoms with van der Waals surface area (Å²) < 4.78 is 35.7. The van der Waals surface area contributed by atoms with Gasteiger partial charge in [0.25, 0.3) is 0 Å². The van der Waals surface area contributed by atoms with Gasteiger partial charge in [-0.25, -0.2) is 9.07 Å². The average molecular weight is 668 g/mol. The largest absolute Gasteiger partial charge is 0.388 e. The number of aliphatic hydroxyl groups is 1. The van der Waals surface area contributed by atoms with Crippen LogP contribution in [0.25, 0.3) is 22.5 Å². The zero-order chi connectivity index (χ0) is 33.9. The maximum Gasteiger partial charge on any atom is 0.221 e. The van der Waals surface area contributed by atoms with E-state index in [9.17, 15) is 19.1 Å². The molecule has 3 aromatic carbocycles. The van der Waals surface area contributed by atoms with Gasteiger partial charge in [0.15, 0.2) is 12.1 Å². The number of amides is 1. The van der Waals surface area contributed by atoms with Crippen LogP contribution in [0.5, 0.6) is 0 Å². The maximum absolute atomic E-state index is 14.0. The van der Waals surface area contributed by atoms with Gasteiger partial charge in [0.1, 0.15) is 47.7 Å². The van der Waals surface area contributed by atoms with Gasteiger partial charge in [-0.1, -0.05) is 65.0 Å². The SMILES string of the molecule is CC(=O)Nc1ccc(-c2cn(CCCC(=O)[C@@H]3O[C@@H]4COC(c5ccccc5)O[C@@H]4[C@H](n4cc(-c5cccc(F)c5)nn4)[C@H]3O)nn2)cc1. The third kappa shape index (κ3) is 7.17. The third-order valence-corrected chi connectivity index (χ3v) is 8.55. The number of rotatable bonds is 10. The first kappa shape index (κ1) is 32.4. The fraction of sp³-hybridized carbons (Fsp3) is 0.314. The van der Waals surface area contributed by atoms with Crippen molar-refractivity contribution in [3.8, 4) is 22.5 Å². The number of nitrogens with one attached hydrogen (secondary N) is 1. The molecular formula is C35H34FN7O6. The second-order valence-electron chi connectivity index (χ2n) is 12.0. The van der Waals surface area contributed by atoms with Crippen molar-refractivity contribution >= 4 is 17.4 Å². The Bertz CT molecular complexity index is 1920. The van der Waals surface area contributed by atoms with Crippen molar-refractivity contribution in [1.29, 1.82) is 0 Å². The number of nitrogens with zero attached hydrogens (tertiary/aromatic N) is 6. The lowest BCUT2D eigenvalue weighted by Crippen LogP contribution is -2.61. The summed E-state index contributed by atoms with van der Waals surface area (Å²) in [6.07, 6.45) is -0.728. The average Bonchev–Trinajstić information content (AvgIpc) is 3.79. The van der Waals surface area contributed by atoms with Gasteiger partial charge in [-0.3, -0.25) is 14.3 Å². The number of hydrogen-bond acceptors (Lipinski definition) is 10. The molecule has 0 saturated carbocycles. The number of Topliss-reactive ketones (excluding diaryl/α,β-unsaturated/α-hetero) is 1. The van der Waals surface area contributed by atoms with Crippen LogP contribution in [0.4, 0.5) is 10.1 Å². The number of aliphatic hydroxyl groups excluding tert-OH is 1. The molecule has 2 fully saturated rings. The minimum Gasteiger partial charge on any atom is -0.388 e. The van der Waals surface area contributed by atoms with Crippen molar-refractivity contribution in [3.63, 3.8) is 0 Å². The van der Waals surface area contributed by atoms with Crippen molar-refractivity contribution in [2.75, 3.05) is 11.9 Å². The summed E-state index contributed by atoms with van der Waals surface area (Å²) in [4.78, 5) is 24.9. The van der Waals surface area contributed by atoms with Crippen LogP contribution in [0.1, 0.15) is 37.7 Å². The van der Waals surface area contributed by atoms with Gasteiger partial charge in [-0.15, -0.1) is 10.2 Å². The number of benzene rings is 3. The van der Waals surface area contributed by atoms with E-state index >= 15 is 0 Å². The number of carbonyl (C=O) groups is 2. The van der Waals surface area contributed by atoms with Crippen LogP contribution in [-0.4, -0.2) is 77.8 Å². The van der Waals surface area contributed by atoms with E-state index < -0.39 is 42.6 Å². The Labute approximate surface area is 280 Å². The molecule has 0 bridgehead atoms. The second kappa shape index (κ2) is 14.1. The lowest BCUT2D eigenvalue weighted by Gasteiger charge is -2.47. The topological polar surface area (TPSA) is 156 Å². The predicted octanol–water partition coefficient (Wildman–Crippen LogP) is 4.13. The lowest BCUT2D eigenvalue weighted by molar-refractivity contribution is -0.312. The fourth-order valence-corrected chi connectivity index (χ4v) is 6.19. The van der Waals surface area contributed by atoms with Crippen LogP contribution in [0, 0.1) is 5.82 Å². The molecule has 2 saturated heterocycles. The molecule has 0 aliphatic carbocycles. The molecule has 14 heteroatoms. The quantitative estimate of drug-likeness (QED) is 0.222. The Hall–Kier alpha value is -5.15. The van der Waals surface area contributed by atoms with E-state index in [0.29, 0.717) is 35.6 Å². The summed E-state index contributed by atoms with van der Waals surface area (Å²) >= 11 is 0. The molecule has 49 heavy (non-hydrogen) atoms. The number of carbonyl (C=O) groups excluding carboxylic acids is 2. The molecular weight excluding hydrogens is 633 g/mol. The minimum absolute atomic E-state index is 0.104. The number of ether oxygens (including phenoxy) is 3. The molecule has 2 N–H and O–H groups in total. The summed E-state index contributed by atoms with van der Waals surface area (Å²) in [5, 5.41) is 31.4. The first-order valence-corrected chi connectivity index (χ1v) is 16.0. The summed E-state index contributed by atoms with van der Waals surface area (Å²) in [6, 6.07) is 21.8. The smallest absolute Gasteiger partial charge is 0.221 e. The highest BCUT2D eigenvalue weighted by molar-refractivity contribution is 5.89. The summed E-state index contributed by atoms with van der Waals surface area (Å²) in [6.45, 7) is 1.98. The molecule has 252 valence electrons. The van der Waals surface area contributed by atoms with Crippen molar-refractivity contribution in [2.45, 2.75) is 63.1 Å². The van der Waals surface area contributed by atoms with Gasteiger partial charge in [-0.05, 0) is 30.7 Å². The van der Waals surface area contributed by atoms with Crippen LogP contribution >= 0.6 is 0 Å². The fourth-order valence-electron chi connectivity index (χ4n) is 6.19. The molecule has 1 amide bonds. The van der Waals surface area contributed by atoms with Crippen LogP contribution < -0.4 is 5.32 Å². The van der Waals surface area contributed by atoms with E-state index in [2.05, 4.69) is 25.9 Å². The minimum atomic E-state index is -1.33. The highest BCUT2D eigenvalue weighted by atomic mass is 19.1. The van der Waals surface area contributed by atoms with Crippen LogP contribution in [-0.2, 0) is 30.3 Å². The highest BCUT2D eigenvalue weighted by Crippen LogP contribution is 2.40. The van der Waals surface area contributed by atoms with Gasteiger partial charge in [0.05, 0.1) is 19.0 Å². The Balaban J connectivity index is 1.05. The standard InChI is InChI=1S/C35H34FN7O6/c1-21(44)37-26-14-12-22(13-15-26)27-18-42(40-38-27)16-6-11-29(45)33-32(46)31(43-19-28(39-41-43)24-9-5-10-25(36)17-24)34-30(48-33)20-47-35(49-34)23-7-3-2-4-8-23/h2-5,7-10,12-15,17-19,30-35,46H,6,11,16,20H2,1H3,(H,37,44)/t30-,31-,32-,33+,34+,35?/m1/s1. The molecule has 4 heterocycles. The van der Waals surface area contributed by atoms with Crippen molar-refractivity contribution in [3.05, 3.63) is 103 Å². The van der Waals surface area contributed by atoms with E-state index in [4.69, 9.17) is 14.2 Å². The molecule has 2 aromatic heterocycles. The maximum atomic E-state index is 14.0. The van der Waals surface area contributed by atoms with Gasteiger partial charge < -0.3 is 24.6 Å². The van der Waals surface area contributed by atoms with Crippen LogP contribution in [0.3, 0.4) is 0 Å². The Morgan fingerprint density at radius 1 is 0.939 bits per heavy atom. The van der Waals surface area contributed by atoms with Crippen LogP contribution in [0.2, 0.25) is 0 Å². The zero-order valence-electron chi connectivity index (χ0n) is 26.5. The first-order valence-electron chi connectivity index (χ1n) is 16.0. The molecule has 1 unspecified atom stereocenters. The summed E-state index contributed by atoms with van der Waals surface area (Å²) in [5.74, 6) is -0.859. The Morgan fingerprint density at radius 2 is 1.71 bits per heavy atom. The molecule has 7 rings (SSSR count). The van der Waals surface area contributed by atoms with Gasteiger partial charge in [0.2, 0.25) is 5.91 Å². The van der Waals surface area contributed by atoms with Crippen molar-refractivity contribution in [1.82, 2.24) is 30.0 Å². The number of fused-ring (bicyclic) bond motifs is 1. The summed E-state index contributed by atoms with van der Waals surface area (Å²) in [5.41, 5.74) is 3.88. The Kier molecular flexibility index (Phi) is 9.35. The normalized spacial score (nSPS) is 23.5. The molecule has 2 aliphatic rings. The molecule has 0 spiro atoms. The van der Waals surface area contributed by atoms with E-state index in [1.54, 1.807) is 41.3 Å². The van der Waals surface area contributed by atoms with E-state index in [1.807, 2.05) is 42.5 Å². The summed E-state index contributed by atoms with van der Waals surface area (Å²) in [7, 11) is 0. The number of halogens is 1. The second-order valence-corrected chi connectivity index (χ2v) is 12.0. The lowest BCUT2D eigenvalue weighted by atomic mass is 9.89. The molecule has 0 radical (unpaired) electrons. The number of aryl methyl sites for hydroxylation is 1. The van der Waals surface area contributed by atoms with Gasteiger partial charge >= 0.3 is 0 Å². The number of ketones is 1. The van der Waals surface area contributed by atoms with Crippen molar-refractivity contribution < 1.29 is 33.3 Å². The predicted molar refractivity (Wildman–Crippen MR) is 173 cm³/mol. The van der Waals surface area contributed by atoms with Gasteiger partial charge in [-0.2, -0.15) is 0 Å². The van der Waals surface area contributed by atoms with E-state index in [1.165, 1.54) is 23.7 Å². The van der Waals surface area contributed by atoms with Gasteiger partial charge in [0, 0.05) is 42.3 Å². The zero-order valence-corrected chi connectivity index (χ0v) is 26.5. The Morgan fingerprint density at radius 3 is 2.49 bits per heavy atom. The number of hydrogen-bond donors (Lipinski definition) is 2. The third-order valence-electron chi connectivity index (χ3n) is 8.55. The molecule has 2 aliphatic heterocycles. The number of aromatic nitrogens is 6. The first-order chi connectivity index (χ1) is 23.8. The molecule has 6 atom stereocenters. The van der Waals surface area contributed by atoms with Crippen molar-refractivity contribution in [2.24, 2.45) is 0 Å². The number of anilines is 1. The molecule has 13 nitrogen and oxygen atoms in total. The molecule has 5 aromatic rings. The van der Waals surface area contributed by atoms with E-state index in [-0.39, 0.29) is 24.7 Å².